The van der Waals surface area contributed by atoms with Crippen molar-refractivity contribution in [1.82, 2.24) is 10.3 Å². The van der Waals surface area contributed by atoms with Crippen molar-refractivity contribution in [2.24, 2.45) is 10.6 Å². The fourth-order valence-electron chi connectivity index (χ4n) is 3.31. The highest BCUT2D eigenvalue weighted by Crippen LogP contribution is 2.33. The molecule has 28 heavy (non-hydrogen) atoms. The number of benzene rings is 1. The molecule has 1 amide bonds. The number of aromatic amines is 1. The molecule has 148 valence electrons. The number of fused-ring (bicyclic) bond motifs is 1. The van der Waals surface area contributed by atoms with E-state index in [4.69, 9.17) is 5.14 Å². The molecule has 1 aliphatic carbocycles. The Balaban J connectivity index is 1.82. The van der Waals surface area contributed by atoms with Gasteiger partial charge >= 0.3 is 0 Å². The van der Waals surface area contributed by atoms with Crippen LogP contribution in [0.25, 0.3) is 0 Å². The number of nitrogens with two attached hydrogens (primary N) is 1. The van der Waals surface area contributed by atoms with Crippen LogP contribution < -0.4 is 16.0 Å². The molecule has 0 aliphatic heterocycles. The molecule has 0 saturated carbocycles. The number of sulfonamides is 1. The summed E-state index contributed by atoms with van der Waals surface area (Å²) < 4.78 is 22.8. The van der Waals surface area contributed by atoms with E-state index in [0.29, 0.717) is 29.7 Å². The lowest BCUT2D eigenvalue weighted by molar-refractivity contribution is 0.0910. The summed E-state index contributed by atoms with van der Waals surface area (Å²) in [7, 11) is -3.85. The molecule has 0 atom stereocenters. The highest BCUT2D eigenvalue weighted by molar-refractivity contribution is 7.89. The van der Waals surface area contributed by atoms with Gasteiger partial charge in [-0.15, -0.1) is 0 Å². The maximum atomic E-state index is 12.5. The largest absolute Gasteiger partial charge is 0.348 e. The first-order valence-corrected chi connectivity index (χ1v) is 10.2. The van der Waals surface area contributed by atoms with Crippen LogP contribution in [0.3, 0.4) is 0 Å². The number of primary sulfonamides is 1. The summed E-state index contributed by atoms with van der Waals surface area (Å²) >= 11 is 0. The lowest BCUT2D eigenvalue weighted by Crippen LogP contribution is -2.34. The average molecular weight is 403 g/mol. The maximum Gasteiger partial charge on any atom is 0.261 e. The van der Waals surface area contributed by atoms with Crippen LogP contribution in [0, 0.1) is 5.41 Å². The number of H-pyrrole nitrogens is 1. The number of aromatic nitrogens is 1. The molecule has 0 spiro atoms. The fourth-order valence-corrected chi connectivity index (χ4v) is 3.89. The molecule has 1 aromatic carbocycles. The van der Waals surface area contributed by atoms with Crippen molar-refractivity contribution >= 4 is 21.7 Å². The number of amides is 1. The standard InChI is InChI=1S/C19H21N3O5S/c1-19(2)8-15-13(16(23)9-19)7-14(18(25)22-15)17(24)21-10-11-4-3-5-12(6-11)28(20,26)27/h3-7H,8-10H2,1-2H3,(H,21,24)(H,22,25)(H2,20,26,27). The van der Waals surface area contributed by atoms with Gasteiger partial charge in [-0.3, -0.25) is 14.4 Å². The van der Waals surface area contributed by atoms with Crippen molar-refractivity contribution in [1.29, 1.82) is 0 Å². The first kappa shape index (κ1) is 20.0. The third-order valence-corrected chi connectivity index (χ3v) is 5.55. The number of nitrogens with one attached hydrogen (secondary N) is 2. The lowest BCUT2D eigenvalue weighted by atomic mass is 9.75. The zero-order valence-electron chi connectivity index (χ0n) is 15.5. The van der Waals surface area contributed by atoms with Crippen molar-refractivity contribution in [3.8, 4) is 0 Å². The van der Waals surface area contributed by atoms with Gasteiger partial charge < -0.3 is 10.3 Å². The van der Waals surface area contributed by atoms with Crippen molar-refractivity contribution in [2.45, 2.75) is 38.1 Å². The number of carbonyl (C=O) groups excluding carboxylic acids is 2. The number of carbonyl (C=O) groups is 2. The lowest BCUT2D eigenvalue weighted by Gasteiger charge is -2.29. The van der Waals surface area contributed by atoms with Crippen LogP contribution in [0.2, 0.25) is 0 Å². The fraction of sp³-hybridized carbons (Fsp3) is 0.316. The number of Topliss-reactive ketones (excluding diaryl/α,β-unsaturated/α-hetero) is 1. The minimum atomic E-state index is -3.85. The summed E-state index contributed by atoms with van der Waals surface area (Å²) in [6.45, 7) is 3.89. The van der Waals surface area contributed by atoms with Gasteiger partial charge in [-0.1, -0.05) is 26.0 Å². The number of hydrogen-bond donors (Lipinski definition) is 3. The van der Waals surface area contributed by atoms with Crippen LogP contribution in [-0.2, 0) is 23.0 Å². The normalized spacial score (nSPS) is 15.8. The van der Waals surface area contributed by atoms with Crippen LogP contribution in [0.5, 0.6) is 0 Å². The summed E-state index contributed by atoms with van der Waals surface area (Å²) in [6.07, 6.45) is 0.888. The Hall–Kier alpha value is -2.78. The van der Waals surface area contributed by atoms with Crippen molar-refractivity contribution in [3.63, 3.8) is 0 Å². The third-order valence-electron chi connectivity index (χ3n) is 4.64. The van der Waals surface area contributed by atoms with E-state index in [1.165, 1.54) is 24.3 Å². The number of hydrogen-bond acceptors (Lipinski definition) is 5. The van der Waals surface area contributed by atoms with E-state index in [1.807, 2.05) is 13.8 Å². The number of pyridine rings is 1. The van der Waals surface area contributed by atoms with Crippen LogP contribution >= 0.6 is 0 Å². The molecule has 0 saturated heterocycles. The third kappa shape index (κ3) is 4.20. The maximum absolute atomic E-state index is 12.5. The van der Waals surface area contributed by atoms with Gasteiger partial charge in [0.25, 0.3) is 11.5 Å². The zero-order valence-corrected chi connectivity index (χ0v) is 16.4. The van der Waals surface area contributed by atoms with Crippen LogP contribution in [0.1, 0.15) is 52.2 Å². The van der Waals surface area contributed by atoms with Gasteiger partial charge in [-0.05, 0) is 35.6 Å². The summed E-state index contributed by atoms with van der Waals surface area (Å²) in [5.74, 6) is -0.764. The van der Waals surface area contributed by atoms with Crippen molar-refractivity contribution < 1.29 is 18.0 Å². The van der Waals surface area contributed by atoms with Gasteiger partial charge in [-0.2, -0.15) is 0 Å². The Morgan fingerprint density at radius 3 is 2.61 bits per heavy atom. The van der Waals surface area contributed by atoms with Gasteiger partial charge in [0.1, 0.15) is 5.56 Å². The second-order valence-corrected chi connectivity index (χ2v) is 9.28. The predicted molar refractivity (Wildman–Crippen MR) is 102 cm³/mol. The van der Waals surface area contributed by atoms with E-state index < -0.39 is 21.5 Å². The highest BCUT2D eigenvalue weighted by atomic mass is 32.2. The van der Waals surface area contributed by atoms with Gasteiger partial charge in [0, 0.05) is 24.2 Å². The molecule has 3 rings (SSSR count). The van der Waals surface area contributed by atoms with E-state index >= 15 is 0 Å². The Morgan fingerprint density at radius 2 is 1.93 bits per heavy atom. The van der Waals surface area contributed by atoms with Gasteiger partial charge in [0.2, 0.25) is 10.0 Å². The molecule has 1 heterocycles. The molecule has 0 unspecified atom stereocenters. The minimum Gasteiger partial charge on any atom is -0.348 e. The van der Waals surface area contributed by atoms with Crippen LogP contribution in [0.4, 0.5) is 0 Å². The molecule has 1 aliphatic rings. The second-order valence-electron chi connectivity index (χ2n) is 7.72. The minimum absolute atomic E-state index is 0.000302. The summed E-state index contributed by atoms with van der Waals surface area (Å²) in [6, 6.07) is 7.16. The van der Waals surface area contributed by atoms with Crippen LogP contribution in [0.15, 0.2) is 40.0 Å². The predicted octanol–water partition coefficient (Wildman–Crippen LogP) is 1.11. The van der Waals surface area contributed by atoms with E-state index in [1.54, 1.807) is 6.07 Å². The Bertz CT molecular complexity index is 1130. The molecule has 0 bridgehead atoms. The highest BCUT2D eigenvalue weighted by Gasteiger charge is 2.32. The monoisotopic (exact) mass is 403 g/mol. The van der Waals surface area contributed by atoms with Gasteiger partial charge in [-0.25, -0.2) is 13.6 Å². The summed E-state index contributed by atoms with van der Waals surface area (Å²) in [5, 5.41) is 7.66. The summed E-state index contributed by atoms with van der Waals surface area (Å²) in [4.78, 5) is 39.7. The Morgan fingerprint density at radius 1 is 1.21 bits per heavy atom. The molecule has 0 fully saturated rings. The summed E-state index contributed by atoms with van der Waals surface area (Å²) in [5.41, 5.74) is 0.441. The van der Waals surface area contributed by atoms with Crippen molar-refractivity contribution in [3.05, 3.63) is 63.1 Å². The Kier molecular flexibility index (Phi) is 4.99. The average Bonchev–Trinajstić information content (AvgIpc) is 2.57. The SMILES string of the molecule is CC1(C)CC(=O)c2cc(C(=O)NCc3cccc(S(N)(=O)=O)c3)c(=O)[nH]c2C1. The van der Waals surface area contributed by atoms with E-state index in [-0.39, 0.29) is 28.2 Å². The van der Waals surface area contributed by atoms with Crippen LogP contribution in [-0.4, -0.2) is 25.1 Å². The molecule has 4 N–H and O–H groups in total. The van der Waals surface area contributed by atoms with Crippen molar-refractivity contribution in [2.75, 3.05) is 0 Å². The van der Waals surface area contributed by atoms with E-state index in [0.717, 1.165) is 0 Å². The molecule has 1 aromatic heterocycles. The molecule has 9 heteroatoms. The first-order chi connectivity index (χ1) is 13.0. The molecule has 2 aromatic rings. The molecular formula is C19H21N3O5S. The number of rotatable bonds is 4. The smallest absolute Gasteiger partial charge is 0.261 e. The zero-order chi connectivity index (χ0) is 20.7. The van der Waals surface area contributed by atoms with Gasteiger partial charge in [0.05, 0.1) is 4.90 Å². The topological polar surface area (TPSA) is 139 Å². The Labute approximate surface area is 162 Å². The van der Waals surface area contributed by atoms with Gasteiger partial charge in [0.15, 0.2) is 5.78 Å². The molecule has 8 nitrogen and oxygen atoms in total. The quantitative estimate of drug-likeness (QED) is 0.702. The molecular weight excluding hydrogens is 382 g/mol. The number of ketones is 1. The molecule has 0 radical (unpaired) electrons. The first-order valence-electron chi connectivity index (χ1n) is 8.66. The van der Waals surface area contributed by atoms with E-state index in [9.17, 15) is 22.8 Å². The second kappa shape index (κ2) is 6.99. The van der Waals surface area contributed by atoms with E-state index in [2.05, 4.69) is 10.3 Å².